The average Bonchev–Trinajstić information content (AvgIpc) is 2.82. The fraction of sp³-hybridized carbons (Fsp3) is 0.333. The van der Waals surface area contributed by atoms with E-state index in [0.717, 1.165) is 16.5 Å². The van der Waals surface area contributed by atoms with Gasteiger partial charge in [0.25, 0.3) is 0 Å². The summed E-state index contributed by atoms with van der Waals surface area (Å²) in [5.41, 5.74) is 1.02. The lowest BCUT2D eigenvalue weighted by atomic mass is 10.2. The van der Waals surface area contributed by atoms with Gasteiger partial charge in [-0.25, -0.2) is 8.42 Å². The number of rotatable bonds is 7. The number of nitrogens with zero attached hydrogens (tertiary/aromatic N) is 3. The van der Waals surface area contributed by atoms with E-state index in [-0.39, 0.29) is 5.75 Å². The molecular weight excluding hydrogens is 318 g/mol. The predicted molar refractivity (Wildman–Crippen MR) is 88.7 cm³/mol. The predicted octanol–water partition coefficient (Wildman–Crippen LogP) is 2.86. The zero-order valence-electron chi connectivity index (χ0n) is 12.7. The van der Waals surface area contributed by atoms with Gasteiger partial charge in [-0.1, -0.05) is 42.5 Å². The second kappa shape index (κ2) is 7.11. The van der Waals surface area contributed by atoms with E-state index in [1.54, 1.807) is 34.9 Å². The number of aryl methyl sites for hydroxylation is 1. The summed E-state index contributed by atoms with van der Waals surface area (Å²) in [5, 5.41) is 8.85. The van der Waals surface area contributed by atoms with Crippen LogP contribution in [0.1, 0.15) is 18.3 Å². The van der Waals surface area contributed by atoms with Gasteiger partial charge in [0, 0.05) is 6.54 Å². The van der Waals surface area contributed by atoms with Crippen LogP contribution in [0.25, 0.3) is 0 Å². The highest BCUT2D eigenvalue weighted by molar-refractivity contribution is 7.99. The highest BCUT2D eigenvalue weighted by Gasteiger charge is 2.21. The van der Waals surface area contributed by atoms with E-state index in [4.69, 9.17) is 0 Å². The molecule has 0 spiro atoms. The number of sulfone groups is 1. The molecule has 0 atom stereocenters. The molecule has 118 valence electrons. The first kappa shape index (κ1) is 16.8. The molecule has 1 aromatic heterocycles. The highest BCUT2D eigenvalue weighted by Crippen LogP contribution is 2.21. The largest absolute Gasteiger partial charge is 0.301 e. The van der Waals surface area contributed by atoms with E-state index in [0.29, 0.717) is 17.3 Å². The third-order valence-electron chi connectivity index (χ3n) is 3.08. The van der Waals surface area contributed by atoms with Gasteiger partial charge in [-0.2, -0.15) is 0 Å². The Labute approximate surface area is 135 Å². The molecule has 0 aliphatic rings. The lowest BCUT2D eigenvalue weighted by Gasteiger charge is -2.08. The molecule has 0 aliphatic heterocycles. The van der Waals surface area contributed by atoms with Gasteiger partial charge in [0.15, 0.2) is 15.0 Å². The van der Waals surface area contributed by atoms with Crippen LogP contribution in [0.5, 0.6) is 0 Å². The minimum absolute atomic E-state index is 0.166. The molecule has 22 heavy (non-hydrogen) atoms. The third kappa shape index (κ3) is 3.78. The van der Waals surface area contributed by atoms with E-state index >= 15 is 0 Å². The van der Waals surface area contributed by atoms with Crippen molar-refractivity contribution < 1.29 is 8.42 Å². The fourth-order valence-electron chi connectivity index (χ4n) is 1.97. The van der Waals surface area contributed by atoms with Crippen molar-refractivity contribution in [1.82, 2.24) is 14.8 Å². The van der Waals surface area contributed by atoms with Crippen molar-refractivity contribution in [1.29, 1.82) is 0 Å². The van der Waals surface area contributed by atoms with Crippen molar-refractivity contribution >= 4 is 21.6 Å². The van der Waals surface area contributed by atoms with E-state index in [1.165, 1.54) is 11.8 Å². The molecule has 2 rings (SSSR count). The highest BCUT2D eigenvalue weighted by atomic mass is 32.2. The average molecular weight is 337 g/mol. The van der Waals surface area contributed by atoms with Crippen molar-refractivity contribution in [3.8, 4) is 0 Å². The molecular formula is C15H19N3O2S2. The summed E-state index contributed by atoms with van der Waals surface area (Å²) in [6.07, 6.45) is 1.71. The topological polar surface area (TPSA) is 64.8 Å². The maximum Gasteiger partial charge on any atom is 0.191 e. The molecule has 0 bridgehead atoms. The van der Waals surface area contributed by atoms with E-state index < -0.39 is 9.84 Å². The van der Waals surface area contributed by atoms with Gasteiger partial charge in [0.05, 0.1) is 4.90 Å². The SMILES string of the molecule is C=CCn1c(CS(=O)(=O)c2ccc(C)cc2)nnc1SCC. The summed E-state index contributed by atoms with van der Waals surface area (Å²) in [5.74, 6) is 1.12. The van der Waals surface area contributed by atoms with Gasteiger partial charge in [-0.05, 0) is 24.8 Å². The normalized spacial score (nSPS) is 11.5. The number of hydrogen-bond donors (Lipinski definition) is 0. The number of aromatic nitrogens is 3. The van der Waals surface area contributed by atoms with E-state index in [1.807, 2.05) is 13.8 Å². The summed E-state index contributed by atoms with van der Waals surface area (Å²) in [7, 11) is -3.44. The standard InChI is InChI=1S/C15H19N3O2S2/c1-4-10-18-14(16-17-15(18)21-5-2)11-22(19,20)13-8-6-12(3)7-9-13/h4,6-9H,1,5,10-11H2,2-3H3. The maximum absolute atomic E-state index is 12.5. The molecule has 5 nitrogen and oxygen atoms in total. The second-order valence-electron chi connectivity index (χ2n) is 4.80. The monoisotopic (exact) mass is 337 g/mol. The Bertz CT molecular complexity index is 750. The molecule has 0 radical (unpaired) electrons. The molecule has 0 aliphatic carbocycles. The second-order valence-corrected chi connectivity index (χ2v) is 8.02. The quantitative estimate of drug-likeness (QED) is 0.574. The molecule has 0 saturated carbocycles. The molecule has 0 unspecified atom stereocenters. The lowest BCUT2D eigenvalue weighted by Crippen LogP contribution is -2.11. The van der Waals surface area contributed by atoms with E-state index in [2.05, 4.69) is 16.8 Å². The van der Waals surface area contributed by atoms with Crippen LogP contribution in [0, 0.1) is 6.92 Å². The van der Waals surface area contributed by atoms with Gasteiger partial charge < -0.3 is 4.57 Å². The summed E-state index contributed by atoms with van der Waals surface area (Å²) < 4.78 is 26.8. The van der Waals surface area contributed by atoms with Crippen molar-refractivity contribution in [3.63, 3.8) is 0 Å². The van der Waals surface area contributed by atoms with Crippen LogP contribution in [0.3, 0.4) is 0 Å². The Kier molecular flexibility index (Phi) is 5.42. The Morgan fingerprint density at radius 1 is 1.27 bits per heavy atom. The van der Waals surface area contributed by atoms with Gasteiger partial charge in [0.2, 0.25) is 0 Å². The number of thioether (sulfide) groups is 1. The maximum atomic E-state index is 12.5. The molecule has 1 heterocycles. The molecule has 0 saturated heterocycles. The van der Waals surface area contributed by atoms with Gasteiger partial charge in [-0.15, -0.1) is 16.8 Å². The van der Waals surface area contributed by atoms with Crippen LogP contribution in [0.2, 0.25) is 0 Å². The Hall–Kier alpha value is -1.60. The van der Waals surface area contributed by atoms with Crippen molar-refractivity contribution in [2.45, 2.75) is 36.2 Å². The summed E-state index contributed by atoms with van der Waals surface area (Å²) in [6, 6.07) is 6.83. The molecule has 1 aromatic carbocycles. The summed E-state index contributed by atoms with van der Waals surface area (Å²) in [4.78, 5) is 0.302. The third-order valence-corrected chi connectivity index (χ3v) is 5.56. The molecule has 0 amide bonds. The van der Waals surface area contributed by atoms with Crippen molar-refractivity contribution in [3.05, 3.63) is 48.3 Å². The summed E-state index contributed by atoms with van der Waals surface area (Å²) in [6.45, 7) is 8.14. The molecule has 7 heteroatoms. The molecule has 0 N–H and O–H groups in total. The number of hydrogen-bond acceptors (Lipinski definition) is 5. The first-order valence-corrected chi connectivity index (χ1v) is 9.57. The number of allylic oxidation sites excluding steroid dienone is 1. The smallest absolute Gasteiger partial charge is 0.191 e. The Balaban J connectivity index is 2.33. The van der Waals surface area contributed by atoms with Crippen LogP contribution in [-0.4, -0.2) is 28.9 Å². The lowest BCUT2D eigenvalue weighted by molar-refractivity contribution is 0.590. The number of benzene rings is 1. The fourth-order valence-corrected chi connectivity index (χ4v) is 3.94. The zero-order valence-corrected chi connectivity index (χ0v) is 14.3. The van der Waals surface area contributed by atoms with Gasteiger partial charge in [0.1, 0.15) is 11.6 Å². The van der Waals surface area contributed by atoms with E-state index in [9.17, 15) is 8.42 Å². The van der Waals surface area contributed by atoms with Crippen LogP contribution >= 0.6 is 11.8 Å². The van der Waals surface area contributed by atoms with Crippen LogP contribution in [-0.2, 0) is 22.1 Å². The Morgan fingerprint density at radius 2 is 1.95 bits per heavy atom. The summed E-state index contributed by atoms with van der Waals surface area (Å²) >= 11 is 1.53. The van der Waals surface area contributed by atoms with Crippen LogP contribution in [0.4, 0.5) is 0 Å². The minimum atomic E-state index is -3.44. The van der Waals surface area contributed by atoms with Crippen molar-refractivity contribution in [2.24, 2.45) is 0 Å². The molecule has 2 aromatic rings. The van der Waals surface area contributed by atoms with Crippen LogP contribution < -0.4 is 0 Å². The first-order valence-electron chi connectivity index (χ1n) is 6.93. The molecule has 0 fully saturated rings. The van der Waals surface area contributed by atoms with Gasteiger partial charge in [-0.3, -0.25) is 0 Å². The first-order chi connectivity index (χ1) is 10.5. The minimum Gasteiger partial charge on any atom is -0.301 e. The van der Waals surface area contributed by atoms with Crippen LogP contribution in [0.15, 0.2) is 47.0 Å². The Morgan fingerprint density at radius 3 is 2.55 bits per heavy atom. The van der Waals surface area contributed by atoms with Gasteiger partial charge >= 0.3 is 0 Å². The van der Waals surface area contributed by atoms with Crippen molar-refractivity contribution in [2.75, 3.05) is 5.75 Å². The zero-order chi connectivity index (χ0) is 16.2.